The van der Waals surface area contributed by atoms with Gasteiger partial charge in [0.15, 0.2) is 12.6 Å². The fourth-order valence-corrected chi connectivity index (χ4v) is 4.68. The first-order chi connectivity index (χ1) is 16.2. The van der Waals surface area contributed by atoms with E-state index < -0.39 is 67.1 Å². The lowest BCUT2D eigenvalue weighted by Crippen LogP contribution is -2.60. The summed E-state index contributed by atoms with van der Waals surface area (Å²) in [6.07, 6.45) is -13.2. The van der Waals surface area contributed by atoms with Crippen LogP contribution < -0.4 is 5.69 Å². The quantitative estimate of drug-likeness (QED) is 0.240. The molecular formula is C21H30N2O11. The second kappa shape index (κ2) is 9.99. The number of fused-ring (bicyclic) bond motifs is 1. The van der Waals surface area contributed by atoms with E-state index >= 15 is 0 Å². The topological polar surface area (TPSA) is 185 Å². The Bertz CT molecular complexity index is 963. The monoisotopic (exact) mass is 486 g/mol. The van der Waals surface area contributed by atoms with Gasteiger partial charge >= 0.3 is 5.69 Å². The highest BCUT2D eigenvalue weighted by atomic mass is 16.6. The SMILES string of the molecule is CO[C@@H]1[C@@H](O)[C@H](Cn2c(=O)n(C[C@@H]3OC(O)[C@@H](O)[C@H](OC)[C@H]3O)c3ccccc32)OC(O)[C@H]1O. The second-order valence-corrected chi connectivity index (χ2v) is 8.49. The Morgan fingerprint density at radius 3 is 1.47 bits per heavy atom. The van der Waals surface area contributed by atoms with Crippen molar-refractivity contribution in [1.29, 1.82) is 0 Å². The van der Waals surface area contributed by atoms with Crippen LogP contribution in [0.15, 0.2) is 29.1 Å². The summed E-state index contributed by atoms with van der Waals surface area (Å²) in [5.41, 5.74) is 0.427. The molecule has 1 aromatic heterocycles. The van der Waals surface area contributed by atoms with Gasteiger partial charge in [0.05, 0.1) is 24.1 Å². The minimum absolute atomic E-state index is 0.173. The van der Waals surface area contributed by atoms with E-state index in [1.807, 2.05) is 0 Å². The average molecular weight is 486 g/mol. The highest BCUT2D eigenvalue weighted by Crippen LogP contribution is 2.26. The fraction of sp³-hybridized carbons (Fsp3) is 0.667. The molecule has 2 fully saturated rings. The number of imidazole rings is 1. The molecule has 4 rings (SSSR count). The van der Waals surface area contributed by atoms with E-state index in [0.717, 1.165) is 0 Å². The number of hydrogen-bond donors (Lipinski definition) is 6. The third-order valence-corrected chi connectivity index (χ3v) is 6.52. The summed E-state index contributed by atoms with van der Waals surface area (Å²) in [7, 11) is 2.55. The van der Waals surface area contributed by atoms with E-state index in [-0.39, 0.29) is 13.1 Å². The maximum Gasteiger partial charge on any atom is 0.329 e. The van der Waals surface area contributed by atoms with Crippen molar-refractivity contribution in [3.63, 3.8) is 0 Å². The summed E-state index contributed by atoms with van der Waals surface area (Å²) < 4.78 is 23.5. The molecule has 34 heavy (non-hydrogen) atoms. The summed E-state index contributed by atoms with van der Waals surface area (Å²) in [5.74, 6) is 0. The standard InChI is InChI=1S/C21H30N2O11/c1-31-17-13(24)11(33-19(28)15(17)26)7-22-9-5-3-4-6-10(9)23(21(22)30)8-12-14(25)18(32-2)16(27)20(29)34-12/h3-6,11-20,24-29H,7-8H2,1-2H3/t11-,12-,13-,14-,15-,16-,17+,18+,19?,20?/m0/s1. The first-order valence-corrected chi connectivity index (χ1v) is 10.8. The van der Waals surface area contributed by atoms with Crippen LogP contribution in [0.3, 0.4) is 0 Å². The lowest BCUT2D eigenvalue weighted by atomic mass is 9.98. The van der Waals surface area contributed by atoms with E-state index in [1.165, 1.54) is 23.4 Å². The smallest absolute Gasteiger partial charge is 0.329 e. The molecule has 13 heteroatoms. The fourth-order valence-electron chi connectivity index (χ4n) is 4.68. The van der Waals surface area contributed by atoms with Gasteiger partial charge in [-0.25, -0.2) is 4.79 Å². The van der Waals surface area contributed by atoms with Gasteiger partial charge in [-0.2, -0.15) is 0 Å². The molecule has 13 nitrogen and oxygen atoms in total. The van der Waals surface area contributed by atoms with Gasteiger partial charge in [-0.3, -0.25) is 9.13 Å². The molecule has 2 aromatic rings. The van der Waals surface area contributed by atoms with Crippen LogP contribution in [0.2, 0.25) is 0 Å². The number of aliphatic hydroxyl groups is 6. The normalized spacial score (nSPS) is 38.9. The maximum atomic E-state index is 13.4. The number of ether oxygens (including phenoxy) is 4. The molecule has 6 N–H and O–H groups in total. The highest BCUT2D eigenvalue weighted by molar-refractivity contribution is 5.76. The molecular weight excluding hydrogens is 456 g/mol. The van der Waals surface area contributed by atoms with E-state index in [1.54, 1.807) is 24.3 Å². The third kappa shape index (κ3) is 4.28. The van der Waals surface area contributed by atoms with Crippen molar-refractivity contribution in [2.24, 2.45) is 0 Å². The van der Waals surface area contributed by atoms with Gasteiger partial charge in [-0.05, 0) is 12.1 Å². The molecule has 2 aliphatic rings. The molecule has 0 saturated carbocycles. The molecule has 2 unspecified atom stereocenters. The van der Waals surface area contributed by atoms with Gasteiger partial charge in [0.2, 0.25) is 0 Å². The van der Waals surface area contributed by atoms with Gasteiger partial charge in [-0.1, -0.05) is 12.1 Å². The predicted octanol–water partition coefficient (Wildman–Crippen LogP) is -3.29. The van der Waals surface area contributed by atoms with Gasteiger partial charge in [0.1, 0.15) is 48.8 Å². The van der Waals surface area contributed by atoms with Crippen molar-refractivity contribution >= 4 is 11.0 Å². The summed E-state index contributed by atoms with van der Waals surface area (Å²) in [6, 6.07) is 6.78. The van der Waals surface area contributed by atoms with Gasteiger partial charge in [0, 0.05) is 14.2 Å². The van der Waals surface area contributed by atoms with Crippen LogP contribution in [0, 0.1) is 0 Å². The molecule has 0 spiro atoms. The Kier molecular flexibility index (Phi) is 7.40. The van der Waals surface area contributed by atoms with Crippen molar-refractivity contribution in [2.45, 2.75) is 74.5 Å². The van der Waals surface area contributed by atoms with E-state index in [2.05, 4.69) is 0 Å². The van der Waals surface area contributed by atoms with E-state index in [0.29, 0.717) is 11.0 Å². The number of aromatic nitrogens is 2. The molecule has 190 valence electrons. The minimum Gasteiger partial charge on any atom is -0.388 e. The summed E-state index contributed by atoms with van der Waals surface area (Å²) in [4.78, 5) is 13.4. The predicted molar refractivity (Wildman–Crippen MR) is 114 cm³/mol. The minimum atomic E-state index is -1.62. The molecule has 0 radical (unpaired) electrons. The number of nitrogens with zero attached hydrogens (tertiary/aromatic N) is 2. The Labute approximate surface area is 193 Å². The van der Waals surface area contributed by atoms with Gasteiger partial charge in [0.25, 0.3) is 0 Å². The van der Waals surface area contributed by atoms with Crippen LogP contribution in [0.5, 0.6) is 0 Å². The Balaban J connectivity index is 1.66. The zero-order valence-corrected chi connectivity index (χ0v) is 18.6. The van der Waals surface area contributed by atoms with E-state index in [4.69, 9.17) is 18.9 Å². The molecule has 2 saturated heterocycles. The van der Waals surface area contributed by atoms with Gasteiger partial charge < -0.3 is 49.6 Å². The number of para-hydroxylation sites is 2. The molecule has 0 bridgehead atoms. The Morgan fingerprint density at radius 2 is 1.12 bits per heavy atom. The van der Waals surface area contributed by atoms with Crippen molar-refractivity contribution in [3.05, 3.63) is 34.7 Å². The van der Waals surface area contributed by atoms with Crippen LogP contribution in [-0.4, -0.2) is 115 Å². The first-order valence-electron chi connectivity index (χ1n) is 10.8. The molecule has 1 aromatic carbocycles. The van der Waals surface area contributed by atoms with Gasteiger partial charge in [-0.15, -0.1) is 0 Å². The van der Waals surface area contributed by atoms with E-state index in [9.17, 15) is 35.4 Å². The highest BCUT2D eigenvalue weighted by Gasteiger charge is 2.46. The number of methoxy groups -OCH3 is 2. The average Bonchev–Trinajstić information content (AvgIpc) is 3.07. The lowest BCUT2D eigenvalue weighted by Gasteiger charge is -2.40. The number of aliphatic hydroxyl groups excluding tert-OH is 6. The summed E-state index contributed by atoms with van der Waals surface area (Å²) in [6.45, 7) is -0.347. The van der Waals surface area contributed by atoms with Crippen molar-refractivity contribution in [1.82, 2.24) is 9.13 Å². The van der Waals surface area contributed by atoms with Crippen LogP contribution >= 0.6 is 0 Å². The number of rotatable bonds is 6. The Hall–Kier alpha value is -1.91. The second-order valence-electron chi connectivity index (χ2n) is 8.49. The van der Waals surface area contributed by atoms with Crippen LogP contribution in [0.1, 0.15) is 0 Å². The van der Waals surface area contributed by atoms with Crippen LogP contribution in [0.25, 0.3) is 11.0 Å². The zero-order valence-electron chi connectivity index (χ0n) is 18.6. The van der Waals surface area contributed by atoms with Crippen LogP contribution in [-0.2, 0) is 32.0 Å². The summed E-state index contributed by atoms with van der Waals surface area (Å²) >= 11 is 0. The lowest BCUT2D eigenvalue weighted by molar-refractivity contribution is -0.288. The van der Waals surface area contributed by atoms with Crippen molar-refractivity contribution in [2.75, 3.05) is 14.2 Å². The molecule has 0 aliphatic carbocycles. The maximum absolute atomic E-state index is 13.4. The molecule has 2 aliphatic heterocycles. The molecule has 3 heterocycles. The number of hydrogen-bond acceptors (Lipinski definition) is 11. The molecule has 0 amide bonds. The largest absolute Gasteiger partial charge is 0.388 e. The first kappa shape index (κ1) is 25.2. The summed E-state index contributed by atoms with van der Waals surface area (Å²) in [5, 5.41) is 61.2. The van der Waals surface area contributed by atoms with Crippen molar-refractivity contribution < 1.29 is 49.6 Å². The molecule has 10 atom stereocenters. The third-order valence-electron chi connectivity index (χ3n) is 6.52. The van der Waals surface area contributed by atoms with Crippen LogP contribution in [0.4, 0.5) is 0 Å². The van der Waals surface area contributed by atoms with Crippen molar-refractivity contribution in [3.8, 4) is 0 Å². The zero-order chi connectivity index (χ0) is 24.7. The number of benzene rings is 1. The Morgan fingerprint density at radius 1 is 0.735 bits per heavy atom.